The molecule has 0 bridgehead atoms. The van der Waals surface area contributed by atoms with Crippen LogP contribution < -0.4 is 20.1 Å². The molecule has 2 amide bonds. The first-order valence-electron chi connectivity index (χ1n) is 8.20. The minimum Gasteiger partial charge on any atom is -0.493 e. The van der Waals surface area contributed by atoms with E-state index in [2.05, 4.69) is 10.6 Å². The van der Waals surface area contributed by atoms with Crippen LogP contribution in [0.2, 0.25) is 0 Å². The highest BCUT2D eigenvalue weighted by Gasteiger charge is 2.21. The van der Waals surface area contributed by atoms with Crippen molar-refractivity contribution < 1.29 is 19.1 Å². The van der Waals surface area contributed by atoms with Gasteiger partial charge in [-0.25, -0.2) is 0 Å². The van der Waals surface area contributed by atoms with Crippen molar-refractivity contribution in [2.75, 3.05) is 24.9 Å². The molecule has 0 saturated heterocycles. The van der Waals surface area contributed by atoms with E-state index >= 15 is 0 Å². The van der Waals surface area contributed by atoms with E-state index in [4.69, 9.17) is 9.47 Å². The van der Waals surface area contributed by atoms with E-state index in [-0.39, 0.29) is 5.41 Å². The van der Waals surface area contributed by atoms with Gasteiger partial charge in [0.25, 0.3) is 0 Å². The van der Waals surface area contributed by atoms with Crippen molar-refractivity contribution in [2.45, 2.75) is 26.2 Å². The van der Waals surface area contributed by atoms with Crippen molar-refractivity contribution in [2.24, 2.45) is 0 Å². The number of nitrogens with one attached hydrogen (secondary N) is 2. The zero-order valence-electron chi connectivity index (χ0n) is 15.7. The lowest BCUT2D eigenvalue weighted by molar-refractivity contribution is -0.133. The van der Waals surface area contributed by atoms with Crippen LogP contribution in [-0.4, -0.2) is 26.0 Å². The highest BCUT2D eigenvalue weighted by atomic mass is 16.5. The van der Waals surface area contributed by atoms with Gasteiger partial charge in [0.1, 0.15) is 0 Å². The number of amides is 2. The molecule has 2 rings (SSSR count). The van der Waals surface area contributed by atoms with Crippen LogP contribution in [0.4, 0.5) is 11.4 Å². The van der Waals surface area contributed by atoms with E-state index in [9.17, 15) is 9.59 Å². The predicted octanol–water partition coefficient (Wildman–Crippen LogP) is 3.58. The average Bonchev–Trinajstić information content (AvgIpc) is 2.61. The number of methoxy groups -OCH3 is 2. The Bertz CT molecular complexity index is 810. The van der Waals surface area contributed by atoms with E-state index < -0.39 is 11.8 Å². The topological polar surface area (TPSA) is 76.7 Å². The molecule has 138 valence electrons. The normalized spacial score (nSPS) is 10.8. The molecule has 0 saturated carbocycles. The summed E-state index contributed by atoms with van der Waals surface area (Å²) in [5, 5.41) is 5.24. The lowest BCUT2D eigenvalue weighted by Gasteiger charge is -2.22. The predicted molar refractivity (Wildman–Crippen MR) is 102 cm³/mol. The van der Waals surface area contributed by atoms with Crippen molar-refractivity contribution in [3.05, 3.63) is 48.0 Å². The maximum atomic E-state index is 12.3. The molecule has 0 aromatic heterocycles. The molecule has 26 heavy (non-hydrogen) atoms. The number of benzene rings is 2. The Labute approximate surface area is 153 Å². The summed E-state index contributed by atoms with van der Waals surface area (Å²) >= 11 is 0. The molecule has 0 unspecified atom stereocenters. The summed E-state index contributed by atoms with van der Waals surface area (Å²) < 4.78 is 10.3. The quantitative estimate of drug-likeness (QED) is 0.821. The minimum atomic E-state index is -0.763. The fourth-order valence-corrected chi connectivity index (χ4v) is 2.53. The minimum absolute atomic E-state index is 0.163. The third kappa shape index (κ3) is 4.53. The van der Waals surface area contributed by atoms with Gasteiger partial charge in [0.2, 0.25) is 0 Å². The van der Waals surface area contributed by atoms with Crippen molar-refractivity contribution in [3.63, 3.8) is 0 Å². The maximum Gasteiger partial charge on any atom is 0.314 e. The van der Waals surface area contributed by atoms with Gasteiger partial charge in [-0.2, -0.15) is 0 Å². The molecule has 6 heteroatoms. The summed E-state index contributed by atoms with van der Waals surface area (Å²) in [6.45, 7) is 6.13. The number of para-hydroxylation sites is 1. The fourth-order valence-electron chi connectivity index (χ4n) is 2.53. The molecule has 6 nitrogen and oxygen atoms in total. The number of hydrogen-bond donors (Lipinski definition) is 2. The van der Waals surface area contributed by atoms with Gasteiger partial charge >= 0.3 is 11.8 Å². The molecule has 0 heterocycles. The Balaban J connectivity index is 2.13. The van der Waals surface area contributed by atoms with E-state index in [1.54, 1.807) is 24.3 Å². The first kappa shape index (κ1) is 19.3. The molecule has 0 atom stereocenters. The number of hydrogen-bond acceptors (Lipinski definition) is 4. The van der Waals surface area contributed by atoms with Crippen molar-refractivity contribution in [3.8, 4) is 11.5 Å². The average molecular weight is 356 g/mol. The zero-order chi connectivity index (χ0) is 19.3. The first-order chi connectivity index (χ1) is 12.3. The fraction of sp³-hybridized carbons (Fsp3) is 0.300. The van der Waals surface area contributed by atoms with Crippen LogP contribution in [0.25, 0.3) is 0 Å². The Kier molecular flexibility index (Phi) is 5.87. The highest BCUT2D eigenvalue weighted by Crippen LogP contribution is 2.30. The molecule has 2 N–H and O–H groups in total. The third-order valence-corrected chi connectivity index (χ3v) is 3.83. The Morgan fingerprint density at radius 2 is 1.46 bits per heavy atom. The van der Waals surface area contributed by atoms with E-state index in [1.807, 2.05) is 39.0 Å². The molecule has 0 aliphatic rings. The number of carbonyl (C=O) groups is 2. The van der Waals surface area contributed by atoms with Crippen LogP contribution in [0.3, 0.4) is 0 Å². The summed E-state index contributed by atoms with van der Waals surface area (Å²) in [4.78, 5) is 24.5. The van der Waals surface area contributed by atoms with Gasteiger partial charge in [-0.05, 0) is 29.2 Å². The SMILES string of the molecule is COc1ccc(NC(=O)C(=O)Nc2ccccc2C(C)(C)C)cc1OC. The van der Waals surface area contributed by atoms with Gasteiger partial charge in [-0.3, -0.25) is 9.59 Å². The number of carbonyl (C=O) groups excluding carboxylic acids is 2. The Hall–Kier alpha value is -3.02. The summed E-state index contributed by atoms with van der Waals surface area (Å²) in [6.07, 6.45) is 0. The van der Waals surface area contributed by atoms with Gasteiger partial charge in [-0.15, -0.1) is 0 Å². The third-order valence-electron chi connectivity index (χ3n) is 3.83. The van der Waals surface area contributed by atoms with Crippen LogP contribution >= 0.6 is 0 Å². The molecule has 2 aromatic carbocycles. The van der Waals surface area contributed by atoms with E-state index in [0.29, 0.717) is 22.9 Å². The van der Waals surface area contributed by atoms with Crippen LogP contribution in [-0.2, 0) is 15.0 Å². The number of ether oxygens (including phenoxy) is 2. The van der Waals surface area contributed by atoms with Gasteiger partial charge < -0.3 is 20.1 Å². The standard InChI is InChI=1S/C20H24N2O4/c1-20(2,3)14-8-6-7-9-15(14)22-19(24)18(23)21-13-10-11-16(25-4)17(12-13)26-5/h6-12H,1-5H3,(H,21,23)(H,22,24). The second kappa shape index (κ2) is 7.91. The smallest absolute Gasteiger partial charge is 0.314 e. The van der Waals surface area contributed by atoms with Crippen LogP contribution in [0.15, 0.2) is 42.5 Å². The molecule has 0 fully saturated rings. The van der Waals surface area contributed by atoms with Crippen molar-refractivity contribution in [1.29, 1.82) is 0 Å². The zero-order valence-corrected chi connectivity index (χ0v) is 15.7. The summed E-state index contributed by atoms with van der Waals surface area (Å²) in [5.41, 5.74) is 1.84. The second-order valence-corrected chi connectivity index (χ2v) is 6.77. The maximum absolute atomic E-state index is 12.3. The van der Waals surface area contributed by atoms with Gasteiger partial charge in [0.05, 0.1) is 14.2 Å². The van der Waals surface area contributed by atoms with Crippen LogP contribution in [0, 0.1) is 0 Å². The molecule has 0 spiro atoms. The lowest BCUT2D eigenvalue weighted by Crippen LogP contribution is -2.30. The molecule has 0 radical (unpaired) electrons. The Morgan fingerprint density at radius 3 is 2.08 bits per heavy atom. The molecular weight excluding hydrogens is 332 g/mol. The van der Waals surface area contributed by atoms with Crippen molar-refractivity contribution in [1.82, 2.24) is 0 Å². The van der Waals surface area contributed by atoms with Crippen LogP contribution in [0.1, 0.15) is 26.3 Å². The molecule has 2 aromatic rings. The summed E-state index contributed by atoms with van der Waals surface area (Å²) in [7, 11) is 3.02. The van der Waals surface area contributed by atoms with Gasteiger partial charge in [0.15, 0.2) is 11.5 Å². The second-order valence-electron chi connectivity index (χ2n) is 6.77. The largest absolute Gasteiger partial charge is 0.493 e. The molecule has 0 aliphatic carbocycles. The summed E-state index contributed by atoms with van der Waals surface area (Å²) in [6, 6.07) is 12.3. The summed E-state index contributed by atoms with van der Waals surface area (Å²) in [5.74, 6) is -0.504. The first-order valence-corrected chi connectivity index (χ1v) is 8.20. The lowest BCUT2D eigenvalue weighted by atomic mass is 9.86. The monoisotopic (exact) mass is 356 g/mol. The highest BCUT2D eigenvalue weighted by molar-refractivity contribution is 6.43. The van der Waals surface area contributed by atoms with Gasteiger partial charge in [0, 0.05) is 17.4 Å². The molecular formula is C20H24N2O4. The van der Waals surface area contributed by atoms with Gasteiger partial charge in [-0.1, -0.05) is 39.0 Å². The Morgan fingerprint density at radius 1 is 0.846 bits per heavy atom. The number of anilines is 2. The van der Waals surface area contributed by atoms with Crippen molar-refractivity contribution >= 4 is 23.2 Å². The van der Waals surface area contributed by atoms with Crippen LogP contribution in [0.5, 0.6) is 11.5 Å². The van der Waals surface area contributed by atoms with E-state index in [1.165, 1.54) is 14.2 Å². The number of rotatable bonds is 4. The molecule has 0 aliphatic heterocycles. The van der Waals surface area contributed by atoms with E-state index in [0.717, 1.165) is 5.56 Å².